The van der Waals surface area contributed by atoms with Crippen molar-refractivity contribution in [3.63, 3.8) is 0 Å². The molecular weight excluding hydrogens is 530 g/mol. The Bertz CT molecular complexity index is 1200. The monoisotopic (exact) mass is 571 g/mol. The quantitative estimate of drug-likeness (QED) is 0.103. The normalized spacial score (nSPS) is 13.1. The summed E-state index contributed by atoms with van der Waals surface area (Å²) in [6, 6.07) is 3.53. The molecular formula is C29H41N5O7. The summed E-state index contributed by atoms with van der Waals surface area (Å²) < 4.78 is 0. The van der Waals surface area contributed by atoms with Crippen LogP contribution in [-0.2, 0) is 35.2 Å². The molecule has 4 amide bonds. The van der Waals surface area contributed by atoms with E-state index in [9.17, 15) is 28.8 Å². The second-order valence-electron chi connectivity index (χ2n) is 10.1. The molecule has 0 fully saturated rings. The zero-order valence-corrected chi connectivity index (χ0v) is 23.4. The van der Waals surface area contributed by atoms with Gasteiger partial charge in [-0.15, -0.1) is 0 Å². The molecule has 12 nitrogen and oxygen atoms in total. The van der Waals surface area contributed by atoms with E-state index in [4.69, 9.17) is 10.8 Å². The molecule has 0 saturated carbocycles. The molecule has 41 heavy (non-hydrogen) atoms. The average Bonchev–Trinajstić information content (AvgIpc) is 3.33. The van der Waals surface area contributed by atoms with Crippen molar-refractivity contribution in [2.45, 2.75) is 95.7 Å². The number of carboxylic acids is 1. The van der Waals surface area contributed by atoms with Gasteiger partial charge in [0.25, 0.3) is 0 Å². The van der Waals surface area contributed by atoms with Gasteiger partial charge in [0.2, 0.25) is 23.6 Å². The number of H-pyrrole nitrogens is 1. The maximum absolute atomic E-state index is 13.4. The number of aldehydes is 1. The van der Waals surface area contributed by atoms with E-state index in [1.54, 1.807) is 6.20 Å². The highest BCUT2D eigenvalue weighted by Crippen LogP contribution is 2.19. The van der Waals surface area contributed by atoms with Crippen molar-refractivity contribution in [1.29, 1.82) is 0 Å². The lowest BCUT2D eigenvalue weighted by molar-refractivity contribution is -0.139. The predicted octanol–water partition coefficient (Wildman–Crippen LogP) is 1.85. The second-order valence-corrected chi connectivity index (χ2v) is 10.1. The van der Waals surface area contributed by atoms with Gasteiger partial charge in [-0.2, -0.15) is 0 Å². The molecule has 0 aliphatic rings. The fraction of sp³-hybridized carbons (Fsp3) is 0.517. The van der Waals surface area contributed by atoms with Crippen LogP contribution in [0, 0.1) is 0 Å². The number of fused-ring (bicyclic) bond motifs is 1. The third kappa shape index (κ3) is 11.8. The zero-order valence-electron chi connectivity index (χ0n) is 23.4. The van der Waals surface area contributed by atoms with Crippen LogP contribution in [0.5, 0.6) is 0 Å². The first-order chi connectivity index (χ1) is 19.6. The van der Waals surface area contributed by atoms with Gasteiger partial charge < -0.3 is 36.6 Å². The molecule has 0 radical (unpaired) electrons. The molecule has 0 bridgehead atoms. The lowest BCUT2D eigenvalue weighted by Crippen LogP contribution is -2.56. The first-order valence-electron chi connectivity index (χ1n) is 14.0. The fourth-order valence-corrected chi connectivity index (χ4v) is 4.53. The molecule has 1 aromatic heterocycles. The molecule has 0 spiro atoms. The maximum Gasteiger partial charge on any atom is 0.305 e. The van der Waals surface area contributed by atoms with E-state index >= 15 is 0 Å². The highest BCUT2D eigenvalue weighted by Gasteiger charge is 2.30. The van der Waals surface area contributed by atoms with Gasteiger partial charge in [0.05, 0.1) is 18.9 Å². The summed E-state index contributed by atoms with van der Waals surface area (Å²) in [4.78, 5) is 76.0. The molecule has 1 heterocycles. The smallest absolute Gasteiger partial charge is 0.305 e. The lowest BCUT2D eigenvalue weighted by atomic mass is 10.0. The summed E-state index contributed by atoms with van der Waals surface area (Å²) in [5, 5.41) is 17.2. The van der Waals surface area contributed by atoms with E-state index in [0.717, 1.165) is 42.1 Å². The third-order valence-electron chi connectivity index (χ3n) is 6.68. The topological polar surface area (TPSA) is 201 Å². The number of aromatic amines is 1. The van der Waals surface area contributed by atoms with E-state index in [2.05, 4.69) is 27.9 Å². The number of amides is 4. The van der Waals surface area contributed by atoms with Crippen LogP contribution in [0.1, 0.15) is 76.7 Å². The van der Waals surface area contributed by atoms with Crippen LogP contribution >= 0.6 is 0 Å². The number of primary amides is 1. The number of aliphatic carboxylic acids is 1. The number of nitrogens with one attached hydrogen (secondary N) is 4. The second kappa shape index (κ2) is 17.5. The molecule has 0 aliphatic heterocycles. The first kappa shape index (κ1) is 33.0. The third-order valence-corrected chi connectivity index (χ3v) is 6.68. The highest BCUT2D eigenvalue weighted by atomic mass is 16.4. The van der Waals surface area contributed by atoms with Crippen molar-refractivity contribution < 1.29 is 33.9 Å². The molecule has 2 aromatic rings. The Morgan fingerprint density at radius 2 is 1.56 bits per heavy atom. The van der Waals surface area contributed by atoms with E-state index in [1.165, 1.54) is 12.8 Å². The summed E-state index contributed by atoms with van der Waals surface area (Å²) >= 11 is 0. The summed E-state index contributed by atoms with van der Waals surface area (Å²) in [6.45, 7) is 2.15. The van der Waals surface area contributed by atoms with Crippen LogP contribution in [0.25, 0.3) is 10.9 Å². The van der Waals surface area contributed by atoms with Crippen LogP contribution in [0.15, 0.2) is 30.5 Å². The number of benzene rings is 1. The number of aromatic nitrogens is 1. The first-order valence-corrected chi connectivity index (χ1v) is 14.0. The average molecular weight is 572 g/mol. The number of carbonyl (C=O) groups is 6. The Hall–Kier alpha value is -4.22. The predicted molar refractivity (Wildman–Crippen MR) is 153 cm³/mol. The van der Waals surface area contributed by atoms with Gasteiger partial charge in [0.15, 0.2) is 0 Å². The Labute approximate surface area is 239 Å². The summed E-state index contributed by atoms with van der Waals surface area (Å²) in [5.41, 5.74) is 6.89. The summed E-state index contributed by atoms with van der Waals surface area (Å²) in [5.74, 6) is -4.22. The molecule has 1 aromatic carbocycles. The van der Waals surface area contributed by atoms with Crippen molar-refractivity contribution in [2.24, 2.45) is 5.73 Å². The molecule has 3 atom stereocenters. The number of hydrogen-bond donors (Lipinski definition) is 6. The number of para-hydroxylation sites is 1. The minimum Gasteiger partial charge on any atom is -0.481 e. The van der Waals surface area contributed by atoms with Gasteiger partial charge in [0.1, 0.15) is 18.4 Å². The lowest BCUT2D eigenvalue weighted by Gasteiger charge is -2.23. The van der Waals surface area contributed by atoms with Crippen molar-refractivity contribution in [2.75, 3.05) is 0 Å². The molecule has 0 aliphatic carbocycles. The van der Waals surface area contributed by atoms with Crippen molar-refractivity contribution >= 4 is 46.8 Å². The van der Waals surface area contributed by atoms with Crippen molar-refractivity contribution in [3.05, 3.63) is 36.0 Å². The minimum absolute atomic E-state index is 0.0967. The maximum atomic E-state index is 13.4. The van der Waals surface area contributed by atoms with Gasteiger partial charge in [-0.1, -0.05) is 63.6 Å². The Kier molecular flexibility index (Phi) is 14.1. The summed E-state index contributed by atoms with van der Waals surface area (Å²) in [6.07, 6.45) is 8.26. The molecule has 0 unspecified atom stereocenters. The SMILES string of the molecule is CCCCCCCCCC(=O)N[C@@H](Cc1c[nH]c2ccccc12)C(=O)N[C@@H](CC(N)=O)C(=O)N[C@H](C=O)CC(=O)O. The van der Waals surface area contributed by atoms with E-state index in [-0.39, 0.29) is 25.0 Å². The van der Waals surface area contributed by atoms with Gasteiger partial charge in [-0.25, -0.2) is 0 Å². The van der Waals surface area contributed by atoms with Gasteiger partial charge in [-0.05, 0) is 18.1 Å². The zero-order chi connectivity index (χ0) is 30.2. The number of rotatable bonds is 20. The standard InChI is InChI=1S/C29H41N5O7/c1-2-3-4-5-6-7-8-13-26(37)33-23(14-19-17-31-22-12-10-9-11-21(19)22)29(41)34-24(16-25(30)36)28(40)32-20(18-35)15-27(38)39/h9-12,17-18,20,23-24,31H,2-8,13-16H2,1H3,(H2,30,36)(H,32,40)(H,33,37)(H,34,41)(H,38,39)/t20-,23-,24-/m0/s1. The van der Waals surface area contributed by atoms with Gasteiger partial charge in [-0.3, -0.25) is 24.0 Å². The number of carboxylic acid groups (broad SMARTS) is 1. The molecule has 0 saturated heterocycles. The highest BCUT2D eigenvalue weighted by molar-refractivity contribution is 5.96. The van der Waals surface area contributed by atoms with Crippen molar-refractivity contribution in [1.82, 2.24) is 20.9 Å². The number of carbonyl (C=O) groups excluding carboxylic acids is 5. The van der Waals surface area contributed by atoms with Gasteiger partial charge in [0, 0.05) is 29.9 Å². The molecule has 7 N–H and O–H groups in total. The Balaban J connectivity index is 2.15. The van der Waals surface area contributed by atoms with Crippen molar-refractivity contribution in [3.8, 4) is 0 Å². The van der Waals surface area contributed by atoms with Crippen LogP contribution in [0.3, 0.4) is 0 Å². The molecule has 224 valence electrons. The van der Waals surface area contributed by atoms with E-state index < -0.39 is 54.7 Å². The van der Waals surface area contributed by atoms with E-state index in [1.807, 2.05) is 24.3 Å². The summed E-state index contributed by atoms with van der Waals surface area (Å²) in [7, 11) is 0. The minimum atomic E-state index is -1.48. The van der Waals surface area contributed by atoms with Gasteiger partial charge >= 0.3 is 5.97 Å². The van der Waals surface area contributed by atoms with Crippen LogP contribution in [0.2, 0.25) is 0 Å². The Morgan fingerprint density at radius 1 is 0.902 bits per heavy atom. The van der Waals surface area contributed by atoms with E-state index in [0.29, 0.717) is 6.42 Å². The molecule has 2 rings (SSSR count). The fourth-order valence-electron chi connectivity index (χ4n) is 4.53. The Morgan fingerprint density at radius 3 is 2.22 bits per heavy atom. The number of nitrogens with two attached hydrogens (primary N) is 1. The largest absolute Gasteiger partial charge is 0.481 e. The van der Waals surface area contributed by atoms with Crippen LogP contribution < -0.4 is 21.7 Å². The number of unbranched alkanes of at least 4 members (excludes halogenated alkanes) is 6. The molecule has 12 heteroatoms. The number of hydrogen-bond acceptors (Lipinski definition) is 6. The van der Waals surface area contributed by atoms with Crippen LogP contribution in [0.4, 0.5) is 0 Å². The van der Waals surface area contributed by atoms with Crippen LogP contribution in [-0.4, -0.2) is 64.1 Å².